The summed E-state index contributed by atoms with van der Waals surface area (Å²) in [6.07, 6.45) is 6.59. The van der Waals surface area contributed by atoms with Gasteiger partial charge in [-0.25, -0.2) is 4.98 Å². The fourth-order valence-corrected chi connectivity index (χ4v) is 3.52. The minimum atomic E-state index is -0.0337. The number of fused-ring (bicyclic) bond motifs is 1. The van der Waals surface area contributed by atoms with Crippen molar-refractivity contribution in [2.45, 2.75) is 31.2 Å². The lowest BCUT2D eigenvalue weighted by molar-refractivity contribution is 0.0754. The molecule has 1 saturated carbocycles. The van der Waals surface area contributed by atoms with E-state index in [-0.39, 0.29) is 11.9 Å². The van der Waals surface area contributed by atoms with Crippen molar-refractivity contribution in [3.63, 3.8) is 0 Å². The van der Waals surface area contributed by atoms with Gasteiger partial charge >= 0.3 is 0 Å². The molecular weight excluding hydrogens is 304 g/mol. The van der Waals surface area contributed by atoms with E-state index >= 15 is 0 Å². The molecule has 1 aliphatic heterocycles. The molecule has 6 nitrogen and oxygen atoms in total. The number of carbonyl (C=O) groups excluding carboxylic acids is 1. The summed E-state index contributed by atoms with van der Waals surface area (Å²) in [5, 5.41) is 5.78. The lowest BCUT2D eigenvalue weighted by Gasteiger charge is -2.15. The lowest BCUT2D eigenvalue weighted by atomic mass is 10.2. The van der Waals surface area contributed by atoms with Gasteiger partial charge in [-0.1, -0.05) is 18.2 Å². The number of benzene rings is 1. The molecule has 1 atom stereocenters. The quantitative estimate of drug-likeness (QED) is 0.743. The summed E-state index contributed by atoms with van der Waals surface area (Å²) in [4.78, 5) is 18.9. The highest BCUT2D eigenvalue weighted by Gasteiger charge is 2.36. The van der Waals surface area contributed by atoms with Gasteiger partial charge in [0.1, 0.15) is 0 Å². The Labute approximate surface area is 139 Å². The highest BCUT2D eigenvalue weighted by atomic mass is 16.3. The van der Waals surface area contributed by atoms with Gasteiger partial charge in [-0.05, 0) is 25.3 Å². The zero-order valence-electron chi connectivity index (χ0n) is 13.3. The van der Waals surface area contributed by atoms with Gasteiger partial charge in [0.25, 0.3) is 5.91 Å². The molecule has 3 aromatic rings. The predicted molar refractivity (Wildman–Crippen MR) is 87.8 cm³/mol. The van der Waals surface area contributed by atoms with Crippen molar-refractivity contribution >= 4 is 16.8 Å². The Morgan fingerprint density at radius 3 is 2.92 bits per heavy atom. The summed E-state index contributed by atoms with van der Waals surface area (Å²) in [5.41, 5.74) is 1.84. The van der Waals surface area contributed by atoms with E-state index in [2.05, 4.69) is 22.3 Å². The summed E-state index contributed by atoms with van der Waals surface area (Å²) in [5.74, 6) is 0.815. The number of hydrogen-bond donors (Lipinski definition) is 0. The number of hydrogen-bond acceptors (Lipinski definition) is 4. The topological polar surface area (TPSA) is 64.2 Å². The maximum Gasteiger partial charge on any atom is 0.291 e. The Balaban J connectivity index is 1.36. The van der Waals surface area contributed by atoms with Gasteiger partial charge in [-0.2, -0.15) is 5.10 Å². The third-order valence-electron chi connectivity index (χ3n) is 5.01. The van der Waals surface area contributed by atoms with E-state index in [1.54, 1.807) is 0 Å². The van der Waals surface area contributed by atoms with Gasteiger partial charge in [-0.3, -0.25) is 9.48 Å². The minimum Gasteiger partial charge on any atom is -0.438 e. The molecule has 1 aromatic carbocycles. The van der Waals surface area contributed by atoms with E-state index < -0.39 is 0 Å². The molecule has 0 spiro atoms. The van der Waals surface area contributed by atoms with Gasteiger partial charge in [0, 0.05) is 30.6 Å². The van der Waals surface area contributed by atoms with Crippen molar-refractivity contribution in [3.8, 4) is 0 Å². The van der Waals surface area contributed by atoms with Crippen LogP contribution in [0.15, 0.2) is 41.3 Å². The van der Waals surface area contributed by atoms with Crippen molar-refractivity contribution in [1.29, 1.82) is 0 Å². The second-order valence-corrected chi connectivity index (χ2v) is 6.70. The van der Waals surface area contributed by atoms with Crippen LogP contribution in [-0.2, 0) is 0 Å². The Morgan fingerprint density at radius 2 is 2.08 bits per heavy atom. The molecule has 1 amide bonds. The molecule has 2 aliphatic rings. The minimum absolute atomic E-state index is 0.0337. The molecule has 0 N–H and O–H groups in total. The fraction of sp³-hybridized carbons (Fsp3) is 0.389. The average Bonchev–Trinajstić information content (AvgIpc) is 3.07. The van der Waals surface area contributed by atoms with Gasteiger partial charge in [0.2, 0.25) is 5.76 Å². The van der Waals surface area contributed by atoms with Gasteiger partial charge in [0.05, 0.1) is 17.3 Å². The van der Waals surface area contributed by atoms with Crippen LogP contribution in [0.1, 0.15) is 47.5 Å². The van der Waals surface area contributed by atoms with E-state index in [4.69, 9.17) is 4.42 Å². The Kier molecular flexibility index (Phi) is 2.98. The van der Waals surface area contributed by atoms with Gasteiger partial charge < -0.3 is 9.32 Å². The van der Waals surface area contributed by atoms with Crippen LogP contribution in [0, 0.1) is 0 Å². The molecule has 24 heavy (non-hydrogen) atoms. The Morgan fingerprint density at radius 1 is 1.21 bits per heavy atom. The van der Waals surface area contributed by atoms with Crippen LogP contribution < -0.4 is 0 Å². The van der Waals surface area contributed by atoms with E-state index in [0.29, 0.717) is 18.2 Å². The van der Waals surface area contributed by atoms with Gasteiger partial charge in [0.15, 0.2) is 6.39 Å². The molecule has 6 heteroatoms. The first kappa shape index (κ1) is 13.8. The zero-order chi connectivity index (χ0) is 16.1. The second kappa shape index (κ2) is 5.19. The van der Waals surface area contributed by atoms with Crippen molar-refractivity contribution in [1.82, 2.24) is 19.7 Å². The van der Waals surface area contributed by atoms with Crippen LogP contribution >= 0.6 is 0 Å². The molecule has 122 valence electrons. The molecule has 3 heterocycles. The molecule has 1 aliphatic carbocycles. The molecule has 2 fully saturated rings. The first-order chi connectivity index (χ1) is 11.8. The average molecular weight is 322 g/mol. The Hall–Kier alpha value is -2.63. The van der Waals surface area contributed by atoms with Crippen molar-refractivity contribution in [3.05, 3.63) is 48.3 Å². The highest BCUT2D eigenvalue weighted by molar-refractivity contribution is 5.93. The third-order valence-corrected chi connectivity index (χ3v) is 5.01. The molecule has 1 saturated heterocycles. The van der Waals surface area contributed by atoms with Gasteiger partial charge in [-0.15, -0.1) is 0 Å². The summed E-state index contributed by atoms with van der Waals surface area (Å²) in [7, 11) is 0. The first-order valence-electron chi connectivity index (χ1n) is 8.46. The number of nitrogens with zero attached hydrogens (tertiary/aromatic N) is 4. The van der Waals surface area contributed by atoms with E-state index in [1.807, 2.05) is 27.8 Å². The van der Waals surface area contributed by atoms with Crippen LogP contribution in [0.2, 0.25) is 0 Å². The lowest BCUT2D eigenvalue weighted by Crippen LogP contribution is -2.29. The molecule has 1 unspecified atom stereocenters. The maximum atomic E-state index is 12.8. The van der Waals surface area contributed by atoms with Crippen molar-refractivity contribution in [2.75, 3.05) is 13.1 Å². The number of rotatable bonds is 3. The largest absolute Gasteiger partial charge is 0.438 e. The van der Waals surface area contributed by atoms with E-state index in [1.165, 1.54) is 6.39 Å². The monoisotopic (exact) mass is 322 g/mol. The number of amides is 1. The molecule has 5 rings (SSSR count). The first-order valence-corrected chi connectivity index (χ1v) is 8.46. The molecule has 0 bridgehead atoms. The summed E-state index contributed by atoms with van der Waals surface area (Å²) in [6, 6.07) is 8.30. The van der Waals surface area contributed by atoms with Crippen molar-refractivity contribution < 1.29 is 9.21 Å². The predicted octanol–water partition coefficient (Wildman–Crippen LogP) is 2.99. The number of aromatic nitrogens is 3. The van der Waals surface area contributed by atoms with E-state index in [9.17, 15) is 4.79 Å². The standard InChI is InChI=1S/C18H18N4O2/c23-18(17-16(12-5-6-12)19-11-24-17)21-8-7-14(10-21)22-9-13-3-1-2-4-15(13)20-22/h1-4,9,11-12,14H,5-8,10H2. The molecular formula is C18H18N4O2. The van der Waals surface area contributed by atoms with Crippen LogP contribution in [0.25, 0.3) is 10.9 Å². The molecule has 0 radical (unpaired) electrons. The normalized spacial score (nSPS) is 20.8. The van der Waals surface area contributed by atoms with Crippen LogP contribution in [-0.4, -0.2) is 38.7 Å². The SMILES string of the molecule is O=C(c1ocnc1C1CC1)N1CCC(n2cc3ccccc3n2)C1. The number of likely N-dealkylation sites (tertiary alicyclic amines) is 1. The summed E-state index contributed by atoms with van der Waals surface area (Å²) in [6.45, 7) is 1.39. The van der Waals surface area contributed by atoms with Crippen molar-refractivity contribution in [2.24, 2.45) is 0 Å². The van der Waals surface area contributed by atoms with E-state index in [0.717, 1.165) is 42.4 Å². The fourth-order valence-electron chi connectivity index (χ4n) is 3.52. The molecule has 2 aromatic heterocycles. The number of carbonyl (C=O) groups is 1. The summed E-state index contributed by atoms with van der Waals surface area (Å²) >= 11 is 0. The number of oxazole rings is 1. The smallest absolute Gasteiger partial charge is 0.291 e. The summed E-state index contributed by atoms with van der Waals surface area (Å²) < 4.78 is 7.40. The third kappa shape index (κ3) is 2.21. The maximum absolute atomic E-state index is 12.8. The zero-order valence-corrected chi connectivity index (χ0v) is 13.3. The second-order valence-electron chi connectivity index (χ2n) is 6.70. The Bertz CT molecular complexity index is 876. The highest BCUT2D eigenvalue weighted by Crippen LogP contribution is 2.41. The van der Waals surface area contributed by atoms with Crippen LogP contribution in [0.3, 0.4) is 0 Å². The van der Waals surface area contributed by atoms with Crippen LogP contribution in [0.4, 0.5) is 0 Å². The van der Waals surface area contributed by atoms with Crippen LogP contribution in [0.5, 0.6) is 0 Å².